The summed E-state index contributed by atoms with van der Waals surface area (Å²) in [5, 5.41) is 3.78. The third-order valence-corrected chi connectivity index (χ3v) is 4.95. The van der Waals surface area contributed by atoms with E-state index >= 15 is 0 Å². The Morgan fingerprint density at radius 2 is 1.86 bits per heavy atom. The number of nitrogens with zero attached hydrogens (tertiary/aromatic N) is 1. The van der Waals surface area contributed by atoms with Crippen LogP contribution in [0.1, 0.15) is 59.1 Å². The first kappa shape index (κ1) is 16.5. The number of benzene rings is 1. The van der Waals surface area contributed by atoms with Crippen LogP contribution in [-0.4, -0.2) is 30.1 Å². The molecule has 0 bridgehead atoms. The van der Waals surface area contributed by atoms with Crippen molar-refractivity contribution in [2.45, 2.75) is 65.6 Å². The van der Waals surface area contributed by atoms with Crippen molar-refractivity contribution in [3.63, 3.8) is 0 Å². The van der Waals surface area contributed by atoms with Gasteiger partial charge in [0, 0.05) is 31.2 Å². The van der Waals surface area contributed by atoms with Crippen molar-refractivity contribution in [2.75, 3.05) is 13.1 Å². The molecule has 0 saturated carbocycles. The molecule has 1 aromatic rings. The number of nitrogens with one attached hydrogen (secondary N) is 1. The van der Waals surface area contributed by atoms with Crippen LogP contribution in [0.4, 0.5) is 0 Å². The van der Waals surface area contributed by atoms with Gasteiger partial charge in [0.15, 0.2) is 0 Å². The van der Waals surface area contributed by atoms with Gasteiger partial charge >= 0.3 is 0 Å². The van der Waals surface area contributed by atoms with E-state index in [1.165, 1.54) is 18.4 Å². The predicted octanol–water partition coefficient (Wildman–Crippen LogP) is 4.24. The lowest BCUT2D eigenvalue weighted by atomic mass is 9.83. The summed E-state index contributed by atoms with van der Waals surface area (Å²) in [5.41, 5.74) is 1.78. The van der Waals surface area contributed by atoms with E-state index in [9.17, 15) is 0 Å². The van der Waals surface area contributed by atoms with E-state index in [0.29, 0.717) is 23.5 Å². The largest absolute Gasteiger partial charge is 0.311 e. The minimum atomic E-state index is 0.311. The average Bonchev–Trinajstić information content (AvgIpc) is 2.48. The summed E-state index contributed by atoms with van der Waals surface area (Å²) in [4.78, 5) is 2.75. The molecule has 1 saturated heterocycles. The van der Waals surface area contributed by atoms with E-state index < -0.39 is 0 Å². The van der Waals surface area contributed by atoms with E-state index in [4.69, 9.17) is 0 Å². The SMILES string of the molecule is CCC1CNC(C(C)(C)C)CN1C(CC)c1ccccc1. The Morgan fingerprint density at radius 1 is 1.19 bits per heavy atom. The van der Waals surface area contributed by atoms with E-state index in [1.807, 2.05) is 0 Å². The summed E-state index contributed by atoms with van der Waals surface area (Å²) in [7, 11) is 0. The maximum absolute atomic E-state index is 3.78. The fourth-order valence-electron chi connectivity index (χ4n) is 3.50. The maximum atomic E-state index is 3.78. The molecular formula is C19H32N2. The Bertz CT molecular complexity index is 421. The molecule has 3 unspecified atom stereocenters. The van der Waals surface area contributed by atoms with Crippen LogP contribution in [0.25, 0.3) is 0 Å². The molecule has 0 aliphatic carbocycles. The molecule has 3 atom stereocenters. The van der Waals surface area contributed by atoms with Gasteiger partial charge in [-0.05, 0) is 23.8 Å². The molecule has 1 aromatic carbocycles. The molecule has 118 valence electrons. The first-order valence-corrected chi connectivity index (χ1v) is 8.51. The number of rotatable bonds is 4. The van der Waals surface area contributed by atoms with Crippen LogP contribution >= 0.6 is 0 Å². The van der Waals surface area contributed by atoms with Crippen molar-refractivity contribution in [3.05, 3.63) is 35.9 Å². The van der Waals surface area contributed by atoms with Crippen molar-refractivity contribution >= 4 is 0 Å². The Kier molecular flexibility index (Phi) is 5.45. The van der Waals surface area contributed by atoms with Gasteiger partial charge in [-0.15, -0.1) is 0 Å². The zero-order valence-corrected chi connectivity index (χ0v) is 14.4. The Balaban J connectivity index is 2.23. The standard InChI is InChI=1S/C19H32N2/c1-6-16-13-20-18(19(3,4)5)14-21(16)17(7-2)15-11-9-8-10-12-15/h8-12,16-18,20H,6-7,13-14H2,1-5H3. The van der Waals surface area contributed by atoms with Gasteiger partial charge in [0.1, 0.15) is 0 Å². The molecule has 0 aromatic heterocycles. The van der Waals surface area contributed by atoms with Crippen LogP contribution < -0.4 is 5.32 Å². The molecule has 0 spiro atoms. The smallest absolute Gasteiger partial charge is 0.0349 e. The molecule has 1 fully saturated rings. The van der Waals surface area contributed by atoms with Gasteiger partial charge in [0.2, 0.25) is 0 Å². The highest BCUT2D eigenvalue weighted by molar-refractivity contribution is 5.19. The van der Waals surface area contributed by atoms with Crippen LogP contribution in [0.3, 0.4) is 0 Å². The van der Waals surface area contributed by atoms with Crippen molar-refractivity contribution in [3.8, 4) is 0 Å². The molecule has 2 rings (SSSR count). The molecule has 21 heavy (non-hydrogen) atoms. The van der Waals surface area contributed by atoms with Gasteiger partial charge in [0.25, 0.3) is 0 Å². The van der Waals surface area contributed by atoms with Gasteiger partial charge in [-0.3, -0.25) is 4.90 Å². The predicted molar refractivity (Wildman–Crippen MR) is 91.5 cm³/mol. The van der Waals surface area contributed by atoms with E-state index in [0.717, 1.165) is 13.1 Å². The Morgan fingerprint density at radius 3 is 2.38 bits per heavy atom. The number of hydrogen-bond donors (Lipinski definition) is 1. The molecule has 1 heterocycles. The van der Waals surface area contributed by atoms with Gasteiger partial charge < -0.3 is 5.32 Å². The second-order valence-corrected chi connectivity index (χ2v) is 7.42. The summed E-state index contributed by atoms with van der Waals surface area (Å²) in [6.07, 6.45) is 2.39. The summed E-state index contributed by atoms with van der Waals surface area (Å²) in [6, 6.07) is 12.8. The van der Waals surface area contributed by atoms with E-state index in [2.05, 4.69) is 75.2 Å². The monoisotopic (exact) mass is 288 g/mol. The number of hydrogen-bond acceptors (Lipinski definition) is 2. The number of piperazine rings is 1. The molecule has 0 radical (unpaired) electrons. The highest BCUT2D eigenvalue weighted by atomic mass is 15.3. The first-order chi connectivity index (χ1) is 9.97. The zero-order valence-electron chi connectivity index (χ0n) is 14.4. The van der Waals surface area contributed by atoms with Crippen LogP contribution in [-0.2, 0) is 0 Å². The summed E-state index contributed by atoms with van der Waals surface area (Å²) in [5.74, 6) is 0. The van der Waals surface area contributed by atoms with Crippen molar-refractivity contribution in [2.24, 2.45) is 5.41 Å². The molecule has 1 aliphatic heterocycles. The fourth-order valence-corrected chi connectivity index (χ4v) is 3.50. The summed E-state index contributed by atoms with van der Waals surface area (Å²) >= 11 is 0. The Labute approximate surface area is 130 Å². The van der Waals surface area contributed by atoms with Gasteiger partial charge in [0.05, 0.1) is 0 Å². The highest BCUT2D eigenvalue weighted by Crippen LogP contribution is 2.32. The minimum absolute atomic E-state index is 0.311. The highest BCUT2D eigenvalue weighted by Gasteiger charge is 2.36. The second-order valence-electron chi connectivity index (χ2n) is 7.42. The van der Waals surface area contributed by atoms with Gasteiger partial charge in [-0.1, -0.05) is 65.0 Å². The van der Waals surface area contributed by atoms with E-state index in [1.54, 1.807) is 0 Å². The lowest BCUT2D eigenvalue weighted by Gasteiger charge is -2.48. The van der Waals surface area contributed by atoms with Crippen molar-refractivity contribution in [1.82, 2.24) is 10.2 Å². The molecule has 0 amide bonds. The average molecular weight is 288 g/mol. The van der Waals surface area contributed by atoms with E-state index in [-0.39, 0.29) is 0 Å². The summed E-state index contributed by atoms with van der Waals surface area (Å²) < 4.78 is 0. The normalized spacial score (nSPS) is 25.8. The first-order valence-electron chi connectivity index (χ1n) is 8.51. The van der Waals surface area contributed by atoms with Crippen LogP contribution in [0, 0.1) is 5.41 Å². The topological polar surface area (TPSA) is 15.3 Å². The Hall–Kier alpha value is -0.860. The van der Waals surface area contributed by atoms with Gasteiger partial charge in [-0.2, -0.15) is 0 Å². The molecular weight excluding hydrogens is 256 g/mol. The third-order valence-electron chi connectivity index (χ3n) is 4.95. The molecule has 2 nitrogen and oxygen atoms in total. The quantitative estimate of drug-likeness (QED) is 0.891. The lowest BCUT2D eigenvalue weighted by Crippen LogP contribution is -2.60. The lowest BCUT2D eigenvalue weighted by molar-refractivity contribution is 0.0452. The van der Waals surface area contributed by atoms with Crippen LogP contribution in [0.5, 0.6) is 0 Å². The third kappa shape index (κ3) is 3.87. The molecule has 2 heteroatoms. The van der Waals surface area contributed by atoms with Crippen LogP contribution in [0.15, 0.2) is 30.3 Å². The maximum Gasteiger partial charge on any atom is 0.0349 e. The fraction of sp³-hybridized carbons (Fsp3) is 0.684. The van der Waals surface area contributed by atoms with Crippen LogP contribution in [0.2, 0.25) is 0 Å². The van der Waals surface area contributed by atoms with Gasteiger partial charge in [-0.25, -0.2) is 0 Å². The molecule has 1 N–H and O–H groups in total. The molecule has 1 aliphatic rings. The second kappa shape index (κ2) is 6.93. The van der Waals surface area contributed by atoms with Crippen molar-refractivity contribution in [1.29, 1.82) is 0 Å². The zero-order chi connectivity index (χ0) is 15.5. The summed E-state index contributed by atoms with van der Waals surface area (Å²) in [6.45, 7) is 13.9. The van der Waals surface area contributed by atoms with Crippen molar-refractivity contribution < 1.29 is 0 Å². The minimum Gasteiger partial charge on any atom is -0.311 e.